The predicted octanol–water partition coefficient (Wildman–Crippen LogP) is 2.11. The van der Waals surface area contributed by atoms with Gasteiger partial charge in [-0.2, -0.15) is 4.99 Å². The number of methoxy groups -OCH3 is 1. The van der Waals surface area contributed by atoms with Gasteiger partial charge in [-0.25, -0.2) is 9.18 Å². The number of hydrogen-bond donors (Lipinski definition) is 0. The Morgan fingerprint density at radius 2 is 2.23 bits per heavy atom. The van der Waals surface area contributed by atoms with Crippen LogP contribution >= 0.6 is 0 Å². The van der Waals surface area contributed by atoms with Crippen molar-refractivity contribution in [3.63, 3.8) is 0 Å². The molecule has 0 atom stereocenters. The molecule has 0 radical (unpaired) electrons. The second-order valence-corrected chi connectivity index (χ2v) is 2.48. The molecule has 4 heteroatoms. The van der Waals surface area contributed by atoms with Crippen molar-refractivity contribution in [3.05, 3.63) is 23.5 Å². The highest BCUT2D eigenvalue weighted by Gasteiger charge is 2.06. The van der Waals surface area contributed by atoms with E-state index in [-0.39, 0.29) is 17.3 Å². The maximum Gasteiger partial charge on any atom is 0.240 e. The standard InChI is InChI=1S/C9H8FNO2/c1-6-3-8(11-5-12)9(13-2)4-7(6)10/h3-4H,1-2H3. The van der Waals surface area contributed by atoms with Gasteiger partial charge in [0.15, 0.2) is 0 Å². The van der Waals surface area contributed by atoms with Crippen LogP contribution in [0.25, 0.3) is 0 Å². The minimum atomic E-state index is -0.387. The Kier molecular flexibility index (Phi) is 2.77. The van der Waals surface area contributed by atoms with Crippen LogP contribution in [0.2, 0.25) is 0 Å². The maximum atomic E-state index is 13.0. The molecule has 0 saturated heterocycles. The number of halogens is 1. The number of aryl methyl sites for hydroxylation is 1. The molecule has 1 rings (SSSR count). The molecule has 0 aliphatic heterocycles. The summed E-state index contributed by atoms with van der Waals surface area (Å²) in [6.45, 7) is 1.58. The Bertz CT molecular complexity index is 370. The summed E-state index contributed by atoms with van der Waals surface area (Å²) in [7, 11) is 1.38. The predicted molar refractivity (Wildman–Crippen MR) is 45.5 cm³/mol. The van der Waals surface area contributed by atoms with Gasteiger partial charge in [-0.3, -0.25) is 0 Å². The third kappa shape index (κ3) is 1.92. The van der Waals surface area contributed by atoms with Crippen LogP contribution in [0.15, 0.2) is 17.1 Å². The van der Waals surface area contributed by atoms with Gasteiger partial charge in [-0.15, -0.1) is 0 Å². The van der Waals surface area contributed by atoms with Crippen LogP contribution < -0.4 is 4.74 Å². The molecule has 0 aliphatic carbocycles. The van der Waals surface area contributed by atoms with Crippen molar-refractivity contribution in [3.8, 4) is 5.75 Å². The van der Waals surface area contributed by atoms with E-state index in [9.17, 15) is 9.18 Å². The maximum absolute atomic E-state index is 13.0. The van der Waals surface area contributed by atoms with Crippen LogP contribution in [0.1, 0.15) is 5.56 Å². The lowest BCUT2D eigenvalue weighted by Crippen LogP contribution is -1.88. The summed E-state index contributed by atoms with van der Waals surface area (Å²) in [4.78, 5) is 13.4. The van der Waals surface area contributed by atoms with E-state index >= 15 is 0 Å². The monoisotopic (exact) mass is 181 g/mol. The van der Waals surface area contributed by atoms with Gasteiger partial charge in [0.1, 0.15) is 17.3 Å². The number of hydrogen-bond acceptors (Lipinski definition) is 3. The third-order valence-electron chi connectivity index (χ3n) is 1.63. The Morgan fingerprint density at radius 1 is 1.54 bits per heavy atom. The van der Waals surface area contributed by atoms with Crippen LogP contribution in [-0.4, -0.2) is 13.2 Å². The highest BCUT2D eigenvalue weighted by Crippen LogP contribution is 2.29. The summed E-state index contributed by atoms with van der Waals surface area (Å²) in [5.41, 5.74) is 0.700. The molecular weight excluding hydrogens is 173 g/mol. The van der Waals surface area contributed by atoms with E-state index < -0.39 is 0 Å². The number of aliphatic imine (C=N–C) groups is 1. The van der Waals surface area contributed by atoms with Gasteiger partial charge in [0.2, 0.25) is 6.08 Å². The molecule has 0 aliphatic rings. The van der Waals surface area contributed by atoms with Gasteiger partial charge in [0.25, 0.3) is 0 Å². The first-order chi connectivity index (χ1) is 6.19. The Balaban J connectivity index is 3.32. The van der Waals surface area contributed by atoms with Gasteiger partial charge in [-0.1, -0.05) is 0 Å². The van der Waals surface area contributed by atoms with E-state index in [1.54, 1.807) is 6.92 Å². The molecule has 0 aromatic heterocycles. The van der Waals surface area contributed by atoms with E-state index in [2.05, 4.69) is 4.99 Å². The first-order valence-electron chi connectivity index (χ1n) is 3.61. The van der Waals surface area contributed by atoms with Gasteiger partial charge in [-0.05, 0) is 18.6 Å². The Morgan fingerprint density at radius 3 is 2.77 bits per heavy atom. The fourth-order valence-electron chi connectivity index (χ4n) is 0.948. The summed E-state index contributed by atoms with van der Waals surface area (Å²) < 4.78 is 17.8. The normalized spacial score (nSPS) is 9.15. The summed E-state index contributed by atoms with van der Waals surface area (Å²) in [6.07, 6.45) is 1.38. The molecular formula is C9H8FNO2. The number of nitrogens with zero attached hydrogens (tertiary/aromatic N) is 1. The fourth-order valence-corrected chi connectivity index (χ4v) is 0.948. The van der Waals surface area contributed by atoms with Gasteiger partial charge < -0.3 is 4.74 Å². The fraction of sp³-hybridized carbons (Fsp3) is 0.222. The second-order valence-electron chi connectivity index (χ2n) is 2.48. The third-order valence-corrected chi connectivity index (χ3v) is 1.63. The zero-order valence-electron chi connectivity index (χ0n) is 7.30. The minimum absolute atomic E-state index is 0.228. The quantitative estimate of drug-likeness (QED) is 0.517. The second kappa shape index (κ2) is 3.83. The first kappa shape index (κ1) is 9.42. The molecule has 3 nitrogen and oxygen atoms in total. The lowest BCUT2D eigenvalue weighted by Gasteiger charge is -2.04. The van der Waals surface area contributed by atoms with Crippen LogP contribution in [0.3, 0.4) is 0 Å². The average molecular weight is 181 g/mol. The van der Waals surface area contributed by atoms with Crippen LogP contribution in [0.4, 0.5) is 10.1 Å². The summed E-state index contributed by atoms with van der Waals surface area (Å²) in [5.74, 6) is -0.159. The van der Waals surface area contributed by atoms with Crippen molar-refractivity contribution >= 4 is 11.8 Å². The Labute approximate surface area is 74.9 Å². The first-order valence-corrected chi connectivity index (χ1v) is 3.61. The van der Waals surface area contributed by atoms with Crippen molar-refractivity contribution in [2.24, 2.45) is 4.99 Å². The highest BCUT2D eigenvalue weighted by molar-refractivity contribution is 5.59. The number of ether oxygens (including phenoxy) is 1. The average Bonchev–Trinajstić information content (AvgIpc) is 2.11. The summed E-state index contributed by atoms with van der Waals surface area (Å²) in [5, 5.41) is 0. The Hall–Kier alpha value is -1.67. The molecule has 0 saturated carbocycles. The van der Waals surface area contributed by atoms with E-state index in [0.717, 1.165) is 0 Å². The van der Waals surface area contributed by atoms with Crippen LogP contribution in [-0.2, 0) is 4.79 Å². The summed E-state index contributed by atoms with van der Waals surface area (Å²) in [6, 6.07) is 2.62. The van der Waals surface area contributed by atoms with Crippen LogP contribution in [0, 0.1) is 12.7 Å². The van der Waals surface area contributed by atoms with Crippen molar-refractivity contribution in [1.82, 2.24) is 0 Å². The number of isocyanates is 1. The highest BCUT2D eigenvalue weighted by atomic mass is 19.1. The molecule has 1 aromatic carbocycles. The van der Waals surface area contributed by atoms with Gasteiger partial charge >= 0.3 is 0 Å². The number of carbonyl (C=O) groups excluding carboxylic acids is 1. The van der Waals surface area contributed by atoms with Crippen molar-refractivity contribution in [2.75, 3.05) is 7.11 Å². The zero-order valence-corrected chi connectivity index (χ0v) is 7.30. The minimum Gasteiger partial charge on any atom is -0.494 e. The smallest absolute Gasteiger partial charge is 0.240 e. The zero-order chi connectivity index (χ0) is 9.84. The van der Waals surface area contributed by atoms with E-state index in [0.29, 0.717) is 5.56 Å². The topological polar surface area (TPSA) is 38.7 Å². The molecule has 0 spiro atoms. The van der Waals surface area contributed by atoms with Crippen molar-refractivity contribution in [1.29, 1.82) is 0 Å². The number of rotatable bonds is 2. The summed E-state index contributed by atoms with van der Waals surface area (Å²) >= 11 is 0. The molecule has 0 amide bonds. The molecule has 0 fully saturated rings. The lowest BCUT2D eigenvalue weighted by molar-refractivity contribution is 0.412. The molecule has 1 aromatic rings. The molecule has 0 bridgehead atoms. The molecule has 13 heavy (non-hydrogen) atoms. The SMILES string of the molecule is COc1cc(F)c(C)cc1N=C=O. The van der Waals surface area contributed by atoms with Crippen molar-refractivity contribution in [2.45, 2.75) is 6.92 Å². The van der Waals surface area contributed by atoms with Gasteiger partial charge in [0, 0.05) is 6.07 Å². The molecule has 0 unspecified atom stereocenters. The van der Waals surface area contributed by atoms with E-state index in [1.807, 2.05) is 0 Å². The molecule has 0 heterocycles. The van der Waals surface area contributed by atoms with Crippen molar-refractivity contribution < 1.29 is 13.9 Å². The lowest BCUT2D eigenvalue weighted by atomic mass is 10.2. The number of benzene rings is 1. The molecule has 68 valence electrons. The van der Waals surface area contributed by atoms with Gasteiger partial charge in [0.05, 0.1) is 7.11 Å². The van der Waals surface area contributed by atoms with E-state index in [1.165, 1.54) is 25.3 Å². The molecule has 0 N–H and O–H groups in total. The largest absolute Gasteiger partial charge is 0.494 e. The van der Waals surface area contributed by atoms with E-state index in [4.69, 9.17) is 4.74 Å². The van der Waals surface area contributed by atoms with Crippen LogP contribution in [0.5, 0.6) is 5.75 Å².